The van der Waals surface area contributed by atoms with Gasteiger partial charge in [-0.05, 0) is 42.5 Å². The van der Waals surface area contributed by atoms with E-state index >= 15 is 0 Å². The monoisotopic (exact) mass is 468 g/mol. The van der Waals surface area contributed by atoms with Crippen molar-refractivity contribution in [3.8, 4) is 11.5 Å². The zero-order valence-electron chi connectivity index (χ0n) is 18.5. The zero-order chi connectivity index (χ0) is 24.1. The van der Waals surface area contributed by atoms with Crippen LogP contribution >= 0.6 is 0 Å². The Morgan fingerprint density at radius 1 is 0.818 bits per heavy atom. The quantitative estimate of drug-likeness (QED) is 0.275. The van der Waals surface area contributed by atoms with Gasteiger partial charge in [0.25, 0.3) is 0 Å². The van der Waals surface area contributed by atoms with E-state index in [1.807, 2.05) is 0 Å². The van der Waals surface area contributed by atoms with Gasteiger partial charge in [-0.15, -0.1) is 0 Å². The predicted molar refractivity (Wildman–Crippen MR) is 123 cm³/mol. The van der Waals surface area contributed by atoms with Gasteiger partial charge in [0.15, 0.2) is 0 Å². The second-order valence-electron chi connectivity index (χ2n) is 8.03. The van der Waals surface area contributed by atoms with Crippen molar-refractivity contribution >= 4 is 22.1 Å². The molecule has 7 nitrogen and oxygen atoms in total. The lowest BCUT2D eigenvalue weighted by molar-refractivity contribution is 0.0422. The van der Waals surface area contributed by atoms with Crippen molar-refractivity contribution in [2.24, 2.45) is 0 Å². The molecule has 0 aromatic heterocycles. The number of hydrogen-bond donors (Lipinski definition) is 0. The fourth-order valence-electron chi connectivity index (χ4n) is 3.07. The van der Waals surface area contributed by atoms with Crippen LogP contribution in [0.1, 0.15) is 40.1 Å². The van der Waals surface area contributed by atoms with Gasteiger partial charge in [0.05, 0.1) is 17.4 Å². The molecule has 3 aromatic carbocycles. The maximum atomic E-state index is 12.6. The highest BCUT2D eigenvalue weighted by Crippen LogP contribution is 2.36. The van der Waals surface area contributed by atoms with Crippen LogP contribution < -0.4 is 8.92 Å². The summed E-state index contributed by atoms with van der Waals surface area (Å²) in [4.78, 5) is 25.0. The summed E-state index contributed by atoms with van der Waals surface area (Å²) in [5, 5.41) is 0. The first-order chi connectivity index (χ1) is 15.5. The Morgan fingerprint density at radius 2 is 1.36 bits per heavy atom. The molecule has 33 heavy (non-hydrogen) atoms. The normalized spacial score (nSPS) is 11.5. The van der Waals surface area contributed by atoms with E-state index in [0.29, 0.717) is 16.7 Å². The minimum atomic E-state index is -3.77. The molecule has 0 aliphatic heterocycles. The van der Waals surface area contributed by atoms with Crippen molar-refractivity contribution in [2.45, 2.75) is 19.3 Å². The Hall–Kier alpha value is -3.65. The highest BCUT2D eigenvalue weighted by Gasteiger charge is 2.29. The Bertz CT molecular complexity index is 1230. The van der Waals surface area contributed by atoms with Gasteiger partial charge in [-0.2, -0.15) is 8.42 Å². The van der Waals surface area contributed by atoms with Crippen LogP contribution in [0.3, 0.4) is 0 Å². The van der Waals surface area contributed by atoms with Gasteiger partial charge >= 0.3 is 22.1 Å². The molecule has 0 aliphatic rings. The van der Waals surface area contributed by atoms with E-state index in [-0.39, 0.29) is 18.1 Å². The van der Waals surface area contributed by atoms with Crippen LogP contribution in [0, 0.1) is 0 Å². The summed E-state index contributed by atoms with van der Waals surface area (Å²) in [7, 11) is -3.77. The molecule has 0 heterocycles. The molecule has 0 saturated carbocycles. The molecule has 8 heteroatoms. The van der Waals surface area contributed by atoms with E-state index in [9.17, 15) is 18.0 Å². The van der Waals surface area contributed by atoms with Crippen molar-refractivity contribution in [3.63, 3.8) is 0 Å². The Morgan fingerprint density at radius 3 is 1.91 bits per heavy atom. The second kappa shape index (κ2) is 9.87. The molecule has 0 atom stereocenters. The smallest absolute Gasteiger partial charge is 0.343 e. The van der Waals surface area contributed by atoms with Crippen LogP contribution in [0.4, 0.5) is 0 Å². The molecule has 0 bridgehead atoms. The summed E-state index contributed by atoms with van der Waals surface area (Å²) < 4.78 is 39.3. The van der Waals surface area contributed by atoms with Gasteiger partial charge in [-0.3, -0.25) is 0 Å². The largest absolute Gasteiger partial charge is 0.461 e. The van der Waals surface area contributed by atoms with Gasteiger partial charge in [-0.25, -0.2) is 9.59 Å². The topological polar surface area (TPSA) is 96.0 Å². The highest BCUT2D eigenvalue weighted by atomic mass is 32.2. The third kappa shape index (κ3) is 6.66. The fourth-order valence-corrected chi connectivity index (χ4v) is 3.52. The van der Waals surface area contributed by atoms with E-state index in [1.54, 1.807) is 74.5 Å². The van der Waals surface area contributed by atoms with Crippen LogP contribution in [0.5, 0.6) is 11.5 Å². The Labute approximate surface area is 193 Å². The van der Waals surface area contributed by atoms with Crippen molar-refractivity contribution in [2.75, 3.05) is 12.9 Å². The lowest BCUT2D eigenvalue weighted by Crippen LogP contribution is -2.28. The van der Waals surface area contributed by atoms with Crippen LogP contribution in [0.15, 0.2) is 78.9 Å². The lowest BCUT2D eigenvalue weighted by Gasteiger charge is -2.27. The van der Waals surface area contributed by atoms with Gasteiger partial charge < -0.3 is 13.7 Å². The summed E-state index contributed by atoms with van der Waals surface area (Å²) in [6.45, 7) is 3.51. The third-order valence-electron chi connectivity index (χ3n) is 4.71. The fraction of sp³-hybridized carbons (Fsp3) is 0.200. The first kappa shape index (κ1) is 24.0. The molecule has 172 valence electrons. The average molecular weight is 469 g/mol. The summed E-state index contributed by atoms with van der Waals surface area (Å²) in [6.07, 6.45) is 0.933. The van der Waals surface area contributed by atoms with E-state index < -0.39 is 27.5 Å². The van der Waals surface area contributed by atoms with Crippen molar-refractivity contribution < 1.29 is 31.7 Å². The number of carbonyl (C=O) groups excluding carboxylic acids is 2. The highest BCUT2D eigenvalue weighted by molar-refractivity contribution is 7.86. The van der Waals surface area contributed by atoms with Crippen LogP contribution in [-0.2, 0) is 20.3 Å². The van der Waals surface area contributed by atoms with E-state index in [2.05, 4.69) is 0 Å². The maximum Gasteiger partial charge on any atom is 0.343 e. The van der Waals surface area contributed by atoms with Gasteiger partial charge in [0.2, 0.25) is 0 Å². The van der Waals surface area contributed by atoms with E-state index in [4.69, 9.17) is 13.7 Å². The van der Waals surface area contributed by atoms with Crippen LogP contribution in [-0.4, -0.2) is 33.2 Å². The van der Waals surface area contributed by atoms with Crippen LogP contribution in [0.2, 0.25) is 0 Å². The molecule has 0 fully saturated rings. The molecule has 0 unspecified atom stereocenters. The number of carbonyl (C=O) groups is 2. The minimum absolute atomic E-state index is 0.0504. The number of esters is 2. The van der Waals surface area contributed by atoms with Gasteiger partial charge in [0, 0.05) is 11.0 Å². The molecular formula is C25H24O7S. The Balaban J connectivity index is 1.90. The summed E-state index contributed by atoms with van der Waals surface area (Å²) in [5.41, 5.74) is 0.341. The third-order valence-corrected chi connectivity index (χ3v) is 5.21. The first-order valence-corrected chi connectivity index (χ1v) is 11.9. The molecular weight excluding hydrogens is 444 g/mol. The molecule has 0 N–H and O–H groups in total. The molecule has 0 aliphatic carbocycles. The summed E-state index contributed by atoms with van der Waals surface area (Å²) in [6, 6.07) is 21.3. The van der Waals surface area contributed by atoms with E-state index in [0.717, 1.165) is 6.26 Å². The predicted octanol–water partition coefficient (Wildman–Crippen LogP) is 4.38. The van der Waals surface area contributed by atoms with Gasteiger partial charge in [-0.1, -0.05) is 50.2 Å². The van der Waals surface area contributed by atoms with Crippen molar-refractivity contribution in [3.05, 3.63) is 95.6 Å². The number of hydrogen-bond acceptors (Lipinski definition) is 7. The van der Waals surface area contributed by atoms with Crippen LogP contribution in [0.25, 0.3) is 0 Å². The van der Waals surface area contributed by atoms with Gasteiger partial charge in [0.1, 0.15) is 18.1 Å². The SMILES string of the molecule is CC(C)(COC(=O)c1ccccc1)c1cc(OS(C)(=O)=O)ccc1OC(=O)c1ccccc1. The van der Waals surface area contributed by atoms with E-state index in [1.165, 1.54) is 18.2 Å². The molecule has 0 saturated heterocycles. The Kier molecular flexibility index (Phi) is 7.18. The lowest BCUT2D eigenvalue weighted by atomic mass is 9.84. The maximum absolute atomic E-state index is 12.6. The minimum Gasteiger partial charge on any atom is -0.461 e. The zero-order valence-corrected chi connectivity index (χ0v) is 19.3. The number of benzene rings is 3. The van der Waals surface area contributed by atoms with Crippen molar-refractivity contribution in [1.82, 2.24) is 0 Å². The molecule has 3 aromatic rings. The first-order valence-electron chi connectivity index (χ1n) is 10.1. The number of rotatable bonds is 8. The average Bonchev–Trinajstić information content (AvgIpc) is 2.78. The standard InChI is InChI=1S/C25H24O7S/c1-25(2,17-30-23(26)18-10-6-4-7-11-18)21-16-20(32-33(3,28)29)14-15-22(21)31-24(27)19-12-8-5-9-13-19/h4-16H,17H2,1-3H3. The summed E-state index contributed by atoms with van der Waals surface area (Å²) in [5.74, 6) is -0.833. The number of ether oxygens (including phenoxy) is 2. The molecule has 0 amide bonds. The molecule has 0 radical (unpaired) electrons. The molecule has 3 rings (SSSR count). The second-order valence-corrected chi connectivity index (χ2v) is 9.60. The molecule has 0 spiro atoms. The summed E-state index contributed by atoms with van der Waals surface area (Å²) >= 11 is 0. The van der Waals surface area contributed by atoms with Crippen molar-refractivity contribution in [1.29, 1.82) is 0 Å².